The van der Waals surface area contributed by atoms with Crippen molar-refractivity contribution in [3.63, 3.8) is 0 Å². The van der Waals surface area contributed by atoms with Gasteiger partial charge in [0.2, 0.25) is 5.91 Å². The highest BCUT2D eigenvalue weighted by Crippen LogP contribution is 2.44. The van der Waals surface area contributed by atoms with E-state index in [9.17, 15) is 4.79 Å². The number of aromatic nitrogens is 2. The molecule has 110 valence electrons. The van der Waals surface area contributed by atoms with Crippen molar-refractivity contribution in [2.24, 2.45) is 17.6 Å². The second kappa shape index (κ2) is 5.85. The Bertz CT molecular complexity index is 466. The number of rotatable bonds is 6. The molecular weight excluding hydrogens is 252 g/mol. The SMILES string of the molecule is NC(=O)CCn1ccc(N[C@H]2CCC[C@H](C3CC3)C2)n1. The molecule has 5 nitrogen and oxygen atoms in total. The van der Waals surface area contributed by atoms with Crippen LogP contribution in [0.25, 0.3) is 0 Å². The molecule has 0 radical (unpaired) electrons. The average Bonchev–Trinajstić information content (AvgIpc) is 3.19. The molecule has 0 spiro atoms. The van der Waals surface area contributed by atoms with Gasteiger partial charge in [0.1, 0.15) is 5.82 Å². The van der Waals surface area contributed by atoms with E-state index in [0.29, 0.717) is 19.0 Å². The molecular formula is C15H24N4O. The molecule has 0 aliphatic heterocycles. The monoisotopic (exact) mass is 276 g/mol. The lowest BCUT2D eigenvalue weighted by Gasteiger charge is -2.29. The normalized spacial score (nSPS) is 26.4. The molecule has 2 saturated carbocycles. The van der Waals surface area contributed by atoms with Crippen LogP contribution < -0.4 is 11.1 Å². The number of amides is 1. The van der Waals surface area contributed by atoms with Crippen LogP contribution in [-0.4, -0.2) is 21.7 Å². The van der Waals surface area contributed by atoms with E-state index in [1.165, 1.54) is 38.5 Å². The lowest BCUT2D eigenvalue weighted by molar-refractivity contribution is -0.118. The summed E-state index contributed by atoms with van der Waals surface area (Å²) in [4.78, 5) is 10.8. The zero-order valence-electron chi connectivity index (χ0n) is 11.9. The first-order chi connectivity index (χ1) is 9.70. The van der Waals surface area contributed by atoms with Crippen LogP contribution in [0.5, 0.6) is 0 Å². The first-order valence-electron chi connectivity index (χ1n) is 7.79. The van der Waals surface area contributed by atoms with Crippen LogP contribution in [0, 0.1) is 11.8 Å². The molecule has 1 heterocycles. The fourth-order valence-corrected chi connectivity index (χ4v) is 3.35. The summed E-state index contributed by atoms with van der Waals surface area (Å²) < 4.78 is 1.79. The number of nitrogens with zero attached hydrogens (tertiary/aromatic N) is 2. The molecule has 3 N–H and O–H groups in total. The number of primary amides is 1. The van der Waals surface area contributed by atoms with Gasteiger partial charge in [-0.1, -0.05) is 12.8 Å². The van der Waals surface area contributed by atoms with E-state index >= 15 is 0 Å². The third kappa shape index (κ3) is 3.52. The highest BCUT2D eigenvalue weighted by atomic mass is 16.1. The zero-order chi connectivity index (χ0) is 13.9. The Hall–Kier alpha value is -1.52. The van der Waals surface area contributed by atoms with E-state index in [2.05, 4.69) is 10.4 Å². The Morgan fingerprint density at radius 1 is 1.35 bits per heavy atom. The van der Waals surface area contributed by atoms with Crippen molar-refractivity contribution in [2.75, 3.05) is 5.32 Å². The minimum atomic E-state index is -0.283. The number of carbonyl (C=O) groups excluding carboxylic acids is 1. The van der Waals surface area contributed by atoms with E-state index in [4.69, 9.17) is 5.73 Å². The summed E-state index contributed by atoms with van der Waals surface area (Å²) in [5.74, 6) is 2.58. The quantitative estimate of drug-likeness (QED) is 0.836. The van der Waals surface area contributed by atoms with Crippen molar-refractivity contribution >= 4 is 11.7 Å². The van der Waals surface area contributed by atoms with E-state index in [-0.39, 0.29) is 5.91 Å². The first-order valence-corrected chi connectivity index (χ1v) is 7.79. The highest BCUT2D eigenvalue weighted by molar-refractivity contribution is 5.73. The Kier molecular flexibility index (Phi) is 3.94. The second-order valence-electron chi connectivity index (χ2n) is 6.29. The van der Waals surface area contributed by atoms with Crippen LogP contribution >= 0.6 is 0 Å². The molecule has 5 heteroatoms. The highest BCUT2D eigenvalue weighted by Gasteiger charge is 2.34. The summed E-state index contributed by atoms with van der Waals surface area (Å²) in [6.07, 6.45) is 10.4. The molecule has 1 aromatic heterocycles. The van der Waals surface area contributed by atoms with Crippen LogP contribution in [-0.2, 0) is 11.3 Å². The predicted molar refractivity (Wildman–Crippen MR) is 78.1 cm³/mol. The van der Waals surface area contributed by atoms with E-state index in [1.54, 1.807) is 4.68 Å². The number of hydrogen-bond donors (Lipinski definition) is 2. The van der Waals surface area contributed by atoms with Gasteiger partial charge in [-0.15, -0.1) is 0 Å². The largest absolute Gasteiger partial charge is 0.370 e. The third-order valence-corrected chi connectivity index (χ3v) is 4.58. The fourth-order valence-electron chi connectivity index (χ4n) is 3.35. The molecule has 2 atom stereocenters. The van der Waals surface area contributed by atoms with Crippen molar-refractivity contribution in [2.45, 2.75) is 57.5 Å². The smallest absolute Gasteiger partial charge is 0.219 e. The molecule has 1 amide bonds. The molecule has 0 saturated heterocycles. The van der Waals surface area contributed by atoms with E-state index in [1.807, 2.05) is 12.3 Å². The number of carbonyl (C=O) groups is 1. The summed E-state index contributed by atoms with van der Waals surface area (Å²) in [5, 5.41) is 8.01. The lowest BCUT2D eigenvalue weighted by atomic mass is 9.83. The van der Waals surface area contributed by atoms with Gasteiger partial charge in [-0.3, -0.25) is 9.48 Å². The summed E-state index contributed by atoms with van der Waals surface area (Å²) >= 11 is 0. The Balaban J connectivity index is 1.50. The van der Waals surface area contributed by atoms with Crippen molar-refractivity contribution in [1.29, 1.82) is 0 Å². The number of hydrogen-bond acceptors (Lipinski definition) is 3. The minimum Gasteiger partial charge on any atom is -0.370 e. The number of anilines is 1. The Morgan fingerprint density at radius 3 is 2.95 bits per heavy atom. The minimum absolute atomic E-state index is 0.283. The maximum atomic E-state index is 10.8. The van der Waals surface area contributed by atoms with Crippen molar-refractivity contribution in [1.82, 2.24) is 9.78 Å². The van der Waals surface area contributed by atoms with Gasteiger partial charge in [0.15, 0.2) is 0 Å². The molecule has 0 aromatic carbocycles. The van der Waals surface area contributed by atoms with Crippen LogP contribution in [0.1, 0.15) is 44.9 Å². The number of nitrogens with two attached hydrogens (primary N) is 1. The molecule has 0 unspecified atom stereocenters. The van der Waals surface area contributed by atoms with Crippen LogP contribution in [0.2, 0.25) is 0 Å². The zero-order valence-corrected chi connectivity index (χ0v) is 11.9. The molecule has 0 bridgehead atoms. The van der Waals surface area contributed by atoms with Gasteiger partial charge in [0, 0.05) is 31.3 Å². The molecule has 3 rings (SSSR count). The van der Waals surface area contributed by atoms with Crippen LogP contribution in [0.3, 0.4) is 0 Å². The van der Waals surface area contributed by atoms with Gasteiger partial charge in [0.05, 0.1) is 0 Å². The average molecular weight is 276 g/mol. The molecule has 2 aliphatic rings. The predicted octanol–water partition coefficient (Wildman–Crippen LogP) is 2.14. The van der Waals surface area contributed by atoms with Gasteiger partial charge < -0.3 is 11.1 Å². The summed E-state index contributed by atoms with van der Waals surface area (Å²) in [7, 11) is 0. The number of nitrogens with one attached hydrogen (secondary N) is 1. The lowest BCUT2D eigenvalue weighted by Crippen LogP contribution is -2.28. The summed E-state index contributed by atoms with van der Waals surface area (Å²) in [5.41, 5.74) is 5.15. The second-order valence-corrected chi connectivity index (χ2v) is 6.29. The molecule has 2 fully saturated rings. The topological polar surface area (TPSA) is 72.9 Å². The standard InChI is InChI=1S/C15H24N4O/c16-14(20)6-8-19-9-7-15(18-19)17-13-3-1-2-12(10-13)11-4-5-11/h7,9,11-13H,1-6,8,10H2,(H2,16,20)(H,17,18)/t12-,13-/m0/s1. The van der Waals surface area contributed by atoms with E-state index in [0.717, 1.165) is 17.7 Å². The van der Waals surface area contributed by atoms with Crippen molar-refractivity contribution in [3.8, 4) is 0 Å². The maximum Gasteiger partial charge on any atom is 0.219 e. The third-order valence-electron chi connectivity index (χ3n) is 4.58. The van der Waals surface area contributed by atoms with Crippen molar-refractivity contribution < 1.29 is 4.79 Å². The molecule has 2 aliphatic carbocycles. The fraction of sp³-hybridized carbons (Fsp3) is 0.733. The maximum absolute atomic E-state index is 10.8. The first kappa shape index (κ1) is 13.5. The molecule has 20 heavy (non-hydrogen) atoms. The van der Waals surface area contributed by atoms with Gasteiger partial charge in [-0.25, -0.2) is 0 Å². The van der Waals surface area contributed by atoms with Gasteiger partial charge >= 0.3 is 0 Å². The van der Waals surface area contributed by atoms with Crippen molar-refractivity contribution in [3.05, 3.63) is 12.3 Å². The van der Waals surface area contributed by atoms with Crippen LogP contribution in [0.4, 0.5) is 5.82 Å². The van der Waals surface area contributed by atoms with Gasteiger partial charge in [0.25, 0.3) is 0 Å². The number of aryl methyl sites for hydroxylation is 1. The molecule has 1 aromatic rings. The van der Waals surface area contributed by atoms with E-state index < -0.39 is 0 Å². The van der Waals surface area contributed by atoms with Gasteiger partial charge in [-0.05, 0) is 37.5 Å². The summed E-state index contributed by atoms with van der Waals surface area (Å²) in [6.45, 7) is 0.562. The van der Waals surface area contributed by atoms with Crippen LogP contribution in [0.15, 0.2) is 12.3 Å². The Labute approximate surface area is 119 Å². The summed E-state index contributed by atoms with van der Waals surface area (Å²) in [6, 6.07) is 2.55. The van der Waals surface area contributed by atoms with Gasteiger partial charge in [-0.2, -0.15) is 5.10 Å². The Morgan fingerprint density at radius 2 is 2.20 bits per heavy atom.